The molecule has 1 heterocycles. The molecule has 0 saturated heterocycles. The van der Waals surface area contributed by atoms with Gasteiger partial charge < -0.3 is 15.0 Å². The molecule has 27 heavy (non-hydrogen) atoms. The van der Waals surface area contributed by atoms with Gasteiger partial charge in [-0.3, -0.25) is 9.59 Å². The van der Waals surface area contributed by atoms with Crippen LogP contribution in [0, 0.1) is 0 Å². The first-order valence-electron chi connectivity index (χ1n) is 8.38. The minimum Gasteiger partial charge on any atom is -0.497 e. The van der Waals surface area contributed by atoms with Crippen molar-refractivity contribution in [3.05, 3.63) is 65.9 Å². The fourth-order valence-electron chi connectivity index (χ4n) is 2.86. The van der Waals surface area contributed by atoms with Gasteiger partial charge in [0.1, 0.15) is 12.3 Å². The van der Waals surface area contributed by atoms with Crippen LogP contribution in [0.1, 0.15) is 11.1 Å². The van der Waals surface area contributed by atoms with Crippen LogP contribution in [-0.2, 0) is 22.6 Å². The molecule has 0 bridgehead atoms. The molecule has 2 aromatic carbocycles. The molecule has 0 radical (unpaired) electrons. The van der Waals surface area contributed by atoms with Crippen LogP contribution in [0.15, 0.2) is 59.8 Å². The van der Waals surface area contributed by atoms with Gasteiger partial charge in [0, 0.05) is 22.7 Å². The minimum absolute atomic E-state index is 0.0799. The number of nitrogens with one attached hydrogen (secondary N) is 1. The van der Waals surface area contributed by atoms with Crippen LogP contribution in [0.3, 0.4) is 0 Å². The van der Waals surface area contributed by atoms with Crippen LogP contribution in [0.25, 0.3) is 10.9 Å². The number of benzene rings is 2. The van der Waals surface area contributed by atoms with E-state index in [9.17, 15) is 9.59 Å². The largest absolute Gasteiger partial charge is 0.497 e. The van der Waals surface area contributed by atoms with Gasteiger partial charge in [-0.25, -0.2) is 5.43 Å². The van der Waals surface area contributed by atoms with Crippen LogP contribution in [-0.4, -0.2) is 29.7 Å². The Balaban J connectivity index is 1.70. The average Bonchev–Trinajstić information content (AvgIpc) is 2.99. The summed E-state index contributed by atoms with van der Waals surface area (Å²) in [6.07, 6.45) is 3.54. The zero-order chi connectivity index (χ0) is 19.2. The Labute approximate surface area is 156 Å². The smallest absolute Gasteiger partial charge is 0.244 e. The van der Waals surface area contributed by atoms with E-state index in [1.807, 2.05) is 42.5 Å². The average molecular weight is 364 g/mol. The molecule has 0 aliphatic heterocycles. The van der Waals surface area contributed by atoms with Crippen molar-refractivity contribution in [2.75, 3.05) is 7.11 Å². The van der Waals surface area contributed by atoms with Gasteiger partial charge in [-0.2, -0.15) is 5.10 Å². The van der Waals surface area contributed by atoms with Gasteiger partial charge in [-0.05, 0) is 23.8 Å². The van der Waals surface area contributed by atoms with E-state index in [0.717, 1.165) is 22.0 Å². The lowest BCUT2D eigenvalue weighted by atomic mass is 10.1. The molecule has 7 nitrogen and oxygen atoms in total. The Hall–Kier alpha value is -3.61. The second-order valence-corrected chi connectivity index (χ2v) is 6.02. The lowest BCUT2D eigenvalue weighted by molar-refractivity contribution is -0.120. The Morgan fingerprint density at radius 1 is 1.22 bits per heavy atom. The van der Waals surface area contributed by atoms with Crippen LogP contribution in [0.5, 0.6) is 5.75 Å². The number of carbonyl (C=O) groups is 2. The van der Waals surface area contributed by atoms with Crippen molar-refractivity contribution in [1.29, 1.82) is 0 Å². The second-order valence-electron chi connectivity index (χ2n) is 6.02. The molecule has 0 fully saturated rings. The maximum Gasteiger partial charge on any atom is 0.244 e. The molecule has 0 spiro atoms. The van der Waals surface area contributed by atoms with Gasteiger partial charge in [0.2, 0.25) is 11.8 Å². The van der Waals surface area contributed by atoms with Crippen molar-refractivity contribution in [3.63, 3.8) is 0 Å². The summed E-state index contributed by atoms with van der Waals surface area (Å²) in [7, 11) is 1.58. The Bertz CT molecular complexity index is 1010. The predicted molar refractivity (Wildman–Crippen MR) is 104 cm³/mol. The van der Waals surface area contributed by atoms with Crippen molar-refractivity contribution in [2.45, 2.75) is 13.0 Å². The van der Waals surface area contributed by atoms with E-state index >= 15 is 0 Å². The number of carbonyl (C=O) groups excluding carboxylic acids is 2. The maximum absolute atomic E-state index is 12.1. The number of ether oxygens (including phenoxy) is 1. The molecule has 0 unspecified atom stereocenters. The van der Waals surface area contributed by atoms with Gasteiger partial charge in [0.25, 0.3) is 0 Å². The molecule has 0 saturated carbocycles. The summed E-state index contributed by atoms with van der Waals surface area (Å²) in [6, 6.07) is 14.9. The third-order valence-electron chi connectivity index (χ3n) is 4.04. The van der Waals surface area contributed by atoms with Gasteiger partial charge in [-0.1, -0.05) is 30.3 Å². The minimum atomic E-state index is -0.425. The van der Waals surface area contributed by atoms with Gasteiger partial charge in [0.05, 0.1) is 19.7 Å². The normalized spacial score (nSPS) is 11.0. The molecule has 3 aromatic rings. The third kappa shape index (κ3) is 4.52. The number of para-hydroxylation sites is 1. The lowest BCUT2D eigenvalue weighted by Crippen LogP contribution is -2.19. The Kier molecular flexibility index (Phi) is 5.51. The number of aromatic nitrogens is 1. The lowest BCUT2D eigenvalue weighted by Gasteiger charge is -2.03. The summed E-state index contributed by atoms with van der Waals surface area (Å²) >= 11 is 0. The molecule has 0 aliphatic carbocycles. The topological polar surface area (TPSA) is 98.7 Å². The Morgan fingerprint density at radius 2 is 2.04 bits per heavy atom. The number of primary amides is 1. The first kappa shape index (κ1) is 18.2. The van der Waals surface area contributed by atoms with E-state index in [2.05, 4.69) is 10.5 Å². The quantitative estimate of drug-likeness (QED) is 0.494. The van der Waals surface area contributed by atoms with Crippen LogP contribution in [0.4, 0.5) is 0 Å². The fraction of sp³-hybridized carbons (Fsp3) is 0.150. The molecule has 0 atom stereocenters. The number of fused-ring (bicyclic) bond motifs is 1. The zero-order valence-corrected chi connectivity index (χ0v) is 14.9. The molecule has 7 heteroatoms. The molecule has 1 aromatic heterocycles. The molecule has 2 amide bonds. The van der Waals surface area contributed by atoms with E-state index in [-0.39, 0.29) is 18.9 Å². The maximum atomic E-state index is 12.1. The first-order chi connectivity index (χ1) is 13.1. The predicted octanol–water partition coefficient (Wildman–Crippen LogP) is 1.83. The van der Waals surface area contributed by atoms with E-state index in [0.29, 0.717) is 5.75 Å². The highest BCUT2D eigenvalue weighted by atomic mass is 16.5. The molecule has 138 valence electrons. The first-order valence-corrected chi connectivity index (χ1v) is 8.38. The van der Waals surface area contributed by atoms with E-state index in [4.69, 9.17) is 10.5 Å². The van der Waals surface area contributed by atoms with Crippen molar-refractivity contribution < 1.29 is 14.3 Å². The van der Waals surface area contributed by atoms with Crippen molar-refractivity contribution in [1.82, 2.24) is 9.99 Å². The van der Waals surface area contributed by atoms with E-state index < -0.39 is 5.91 Å². The number of rotatable bonds is 7. The van der Waals surface area contributed by atoms with E-state index in [1.54, 1.807) is 30.2 Å². The number of hydrazone groups is 1. The second kappa shape index (κ2) is 8.18. The molecule has 3 rings (SSSR count). The number of methoxy groups -OCH3 is 1. The summed E-state index contributed by atoms with van der Waals surface area (Å²) in [5.41, 5.74) is 10.3. The third-order valence-corrected chi connectivity index (χ3v) is 4.04. The summed E-state index contributed by atoms with van der Waals surface area (Å²) in [5, 5.41) is 4.96. The van der Waals surface area contributed by atoms with Gasteiger partial charge in [-0.15, -0.1) is 0 Å². The molecule has 0 aliphatic rings. The highest BCUT2D eigenvalue weighted by Crippen LogP contribution is 2.19. The standard InChI is InChI=1S/C20H20N4O3/c1-27-16-6-4-5-14(9-16)10-20(26)23-22-11-15-12-24(13-19(21)25)18-8-3-2-7-17(15)18/h2-9,11-12H,10,13H2,1H3,(H2,21,25)(H,23,26). The van der Waals surface area contributed by atoms with Crippen LogP contribution < -0.4 is 15.9 Å². The number of amides is 2. The summed E-state index contributed by atoms with van der Waals surface area (Å²) < 4.78 is 6.91. The summed E-state index contributed by atoms with van der Waals surface area (Å²) in [5.74, 6) is 0.0391. The highest BCUT2D eigenvalue weighted by molar-refractivity contribution is 6.00. The molecular formula is C20H20N4O3. The van der Waals surface area contributed by atoms with Crippen molar-refractivity contribution in [2.24, 2.45) is 10.8 Å². The summed E-state index contributed by atoms with van der Waals surface area (Å²) in [4.78, 5) is 23.3. The number of nitrogens with two attached hydrogens (primary N) is 1. The monoisotopic (exact) mass is 364 g/mol. The fourth-order valence-corrected chi connectivity index (χ4v) is 2.86. The summed E-state index contributed by atoms with van der Waals surface area (Å²) in [6.45, 7) is 0.0799. The molecule has 3 N–H and O–H groups in total. The number of nitrogens with zero attached hydrogens (tertiary/aromatic N) is 2. The number of hydrogen-bond donors (Lipinski definition) is 2. The highest BCUT2D eigenvalue weighted by Gasteiger charge is 2.08. The van der Waals surface area contributed by atoms with Gasteiger partial charge >= 0.3 is 0 Å². The Morgan fingerprint density at radius 3 is 2.81 bits per heavy atom. The molecular weight excluding hydrogens is 344 g/mol. The SMILES string of the molecule is COc1cccc(CC(=O)NN=Cc2cn(CC(N)=O)c3ccccc23)c1. The van der Waals surface area contributed by atoms with Crippen LogP contribution >= 0.6 is 0 Å². The van der Waals surface area contributed by atoms with Crippen molar-refractivity contribution >= 4 is 28.9 Å². The van der Waals surface area contributed by atoms with Gasteiger partial charge in [0.15, 0.2) is 0 Å². The van der Waals surface area contributed by atoms with E-state index in [1.165, 1.54) is 0 Å². The van der Waals surface area contributed by atoms with Crippen molar-refractivity contribution in [3.8, 4) is 5.75 Å². The number of hydrogen-bond acceptors (Lipinski definition) is 4. The zero-order valence-electron chi connectivity index (χ0n) is 14.9. The van der Waals surface area contributed by atoms with Crippen LogP contribution in [0.2, 0.25) is 0 Å².